The van der Waals surface area contributed by atoms with Crippen molar-refractivity contribution in [3.63, 3.8) is 0 Å². The minimum Gasteiger partial charge on any atom is -0.367 e. The highest BCUT2D eigenvalue weighted by Crippen LogP contribution is 2.21. The molecular weight excluding hydrogens is 385 g/mol. The fourth-order valence-electron chi connectivity index (χ4n) is 3.23. The number of halogens is 2. The van der Waals surface area contributed by atoms with Gasteiger partial charge < -0.3 is 4.90 Å². The Morgan fingerprint density at radius 3 is 2.44 bits per heavy atom. The summed E-state index contributed by atoms with van der Waals surface area (Å²) in [4.78, 5) is 8.80. The molecule has 0 radical (unpaired) electrons. The summed E-state index contributed by atoms with van der Waals surface area (Å²) >= 11 is 11.3. The molecule has 4 rings (SSSR count). The maximum atomic E-state index is 14.0. The molecule has 0 saturated carbocycles. The van der Waals surface area contributed by atoms with Crippen LogP contribution in [0.1, 0.15) is 0 Å². The Bertz CT molecular complexity index is 976. The molecule has 0 unspecified atom stereocenters. The van der Waals surface area contributed by atoms with Gasteiger partial charge in [-0.2, -0.15) is 4.98 Å². The molecule has 2 aromatic carbocycles. The maximum Gasteiger partial charge on any atom is 0.217 e. The van der Waals surface area contributed by atoms with Gasteiger partial charge in [0, 0.05) is 36.8 Å². The molecule has 1 N–H and O–H groups in total. The van der Waals surface area contributed by atoms with Crippen LogP contribution in [0.2, 0.25) is 5.02 Å². The average molecular weight is 404 g/mol. The number of benzene rings is 2. The van der Waals surface area contributed by atoms with Crippen molar-refractivity contribution in [3.8, 4) is 11.4 Å². The summed E-state index contributed by atoms with van der Waals surface area (Å²) < 4.78 is 16.3. The van der Waals surface area contributed by atoms with Gasteiger partial charge in [-0.1, -0.05) is 23.7 Å². The number of hydrogen-bond acceptors (Lipinski definition) is 4. The molecule has 3 aromatic rings. The van der Waals surface area contributed by atoms with Crippen LogP contribution in [0.15, 0.2) is 48.5 Å². The molecule has 0 spiro atoms. The standard InChI is InChI=1S/C19H19ClFN5S/c20-15-7-5-14(6-8-15)18-22-19(27)26(23-18)13-24-9-11-25(12-10-24)17-4-2-1-3-16(17)21/h1-8H,9-13H2,(H,22,23,27). The quantitative estimate of drug-likeness (QED) is 0.663. The van der Waals surface area contributed by atoms with Crippen LogP contribution in [0.5, 0.6) is 0 Å². The third kappa shape index (κ3) is 4.05. The van der Waals surface area contributed by atoms with Crippen molar-refractivity contribution < 1.29 is 4.39 Å². The van der Waals surface area contributed by atoms with E-state index in [9.17, 15) is 4.39 Å². The van der Waals surface area contributed by atoms with Crippen LogP contribution in [0, 0.1) is 10.6 Å². The Morgan fingerprint density at radius 1 is 1.04 bits per heavy atom. The number of H-pyrrole nitrogens is 1. The number of para-hydroxylation sites is 1. The molecule has 1 aromatic heterocycles. The highest BCUT2D eigenvalue weighted by Gasteiger charge is 2.20. The van der Waals surface area contributed by atoms with E-state index in [0.29, 0.717) is 22.1 Å². The van der Waals surface area contributed by atoms with Gasteiger partial charge >= 0.3 is 0 Å². The first kappa shape index (κ1) is 18.2. The first-order valence-corrected chi connectivity index (χ1v) is 9.53. The number of rotatable bonds is 4. The van der Waals surface area contributed by atoms with Crippen LogP contribution in [0.4, 0.5) is 10.1 Å². The fourth-order valence-corrected chi connectivity index (χ4v) is 3.55. The van der Waals surface area contributed by atoms with E-state index in [1.165, 1.54) is 6.07 Å². The summed E-state index contributed by atoms with van der Waals surface area (Å²) in [6.07, 6.45) is 0. The van der Waals surface area contributed by atoms with Crippen LogP contribution in [0.25, 0.3) is 11.4 Å². The van der Waals surface area contributed by atoms with Gasteiger partial charge in [0.2, 0.25) is 4.77 Å². The van der Waals surface area contributed by atoms with Gasteiger partial charge in [-0.05, 0) is 48.6 Å². The molecule has 1 aliphatic rings. The zero-order valence-corrected chi connectivity index (χ0v) is 16.2. The summed E-state index contributed by atoms with van der Waals surface area (Å²) in [7, 11) is 0. The van der Waals surface area contributed by atoms with E-state index in [1.807, 2.05) is 41.1 Å². The molecule has 0 bridgehead atoms. The second-order valence-electron chi connectivity index (χ2n) is 6.49. The van der Waals surface area contributed by atoms with Crippen molar-refractivity contribution in [1.82, 2.24) is 19.7 Å². The molecule has 8 heteroatoms. The first-order valence-electron chi connectivity index (χ1n) is 8.75. The van der Waals surface area contributed by atoms with E-state index in [2.05, 4.69) is 19.9 Å². The van der Waals surface area contributed by atoms with Crippen LogP contribution in [-0.2, 0) is 6.67 Å². The van der Waals surface area contributed by atoms with Crippen molar-refractivity contribution in [1.29, 1.82) is 0 Å². The number of piperazine rings is 1. The topological polar surface area (TPSA) is 40.1 Å². The Hall–Kier alpha value is -2.22. The first-order chi connectivity index (χ1) is 13.1. The highest BCUT2D eigenvalue weighted by atomic mass is 35.5. The van der Waals surface area contributed by atoms with E-state index < -0.39 is 0 Å². The van der Waals surface area contributed by atoms with Gasteiger partial charge in [-0.25, -0.2) is 9.07 Å². The van der Waals surface area contributed by atoms with Crippen LogP contribution >= 0.6 is 23.8 Å². The van der Waals surface area contributed by atoms with Crippen LogP contribution in [-0.4, -0.2) is 45.8 Å². The summed E-state index contributed by atoms with van der Waals surface area (Å²) in [5, 5.41) is 3.94. The van der Waals surface area contributed by atoms with Crippen LogP contribution in [0.3, 0.4) is 0 Å². The normalized spacial score (nSPS) is 15.3. The molecule has 1 aliphatic heterocycles. The molecule has 0 atom stereocenters. The smallest absolute Gasteiger partial charge is 0.217 e. The Labute approximate surface area is 167 Å². The lowest BCUT2D eigenvalue weighted by atomic mass is 10.2. The van der Waals surface area contributed by atoms with Crippen molar-refractivity contribution in [3.05, 3.63) is 64.1 Å². The van der Waals surface area contributed by atoms with E-state index in [0.717, 1.165) is 37.6 Å². The molecule has 2 heterocycles. The van der Waals surface area contributed by atoms with Gasteiger partial charge in [-0.15, -0.1) is 0 Å². The Morgan fingerprint density at radius 2 is 1.74 bits per heavy atom. The second kappa shape index (κ2) is 7.80. The number of nitrogens with zero attached hydrogens (tertiary/aromatic N) is 4. The Balaban J connectivity index is 1.41. The second-order valence-corrected chi connectivity index (χ2v) is 7.29. The van der Waals surface area contributed by atoms with Gasteiger partial charge in [-0.3, -0.25) is 10.00 Å². The predicted molar refractivity (Wildman–Crippen MR) is 108 cm³/mol. The molecular formula is C19H19ClFN5S. The van der Waals surface area contributed by atoms with E-state index in [4.69, 9.17) is 23.8 Å². The summed E-state index contributed by atoms with van der Waals surface area (Å²) in [6.45, 7) is 3.82. The highest BCUT2D eigenvalue weighted by molar-refractivity contribution is 7.71. The van der Waals surface area contributed by atoms with Crippen molar-refractivity contribution >= 4 is 29.5 Å². The van der Waals surface area contributed by atoms with Crippen molar-refractivity contribution in [2.24, 2.45) is 0 Å². The molecule has 1 fully saturated rings. The SMILES string of the molecule is Fc1ccccc1N1CCN(Cn2[nH]c(-c3ccc(Cl)cc3)nc2=S)CC1. The number of hydrogen-bond donors (Lipinski definition) is 1. The third-order valence-electron chi connectivity index (χ3n) is 4.70. The summed E-state index contributed by atoms with van der Waals surface area (Å²) in [5.74, 6) is 0.552. The van der Waals surface area contributed by atoms with Crippen LogP contribution < -0.4 is 4.90 Å². The monoisotopic (exact) mass is 403 g/mol. The predicted octanol–water partition coefficient (Wildman–Crippen LogP) is 4.18. The molecule has 5 nitrogen and oxygen atoms in total. The average Bonchev–Trinajstić information content (AvgIpc) is 3.04. The van der Waals surface area contributed by atoms with E-state index in [-0.39, 0.29) is 5.82 Å². The maximum absolute atomic E-state index is 14.0. The molecule has 27 heavy (non-hydrogen) atoms. The Kier molecular flexibility index (Phi) is 5.24. The molecule has 0 amide bonds. The van der Waals surface area contributed by atoms with Crippen molar-refractivity contribution in [2.75, 3.05) is 31.1 Å². The lowest BCUT2D eigenvalue weighted by Gasteiger charge is -2.36. The largest absolute Gasteiger partial charge is 0.367 e. The van der Waals surface area contributed by atoms with Crippen molar-refractivity contribution in [2.45, 2.75) is 6.67 Å². The van der Waals surface area contributed by atoms with Gasteiger partial charge in [0.25, 0.3) is 0 Å². The molecule has 0 aliphatic carbocycles. The number of aromatic amines is 1. The zero-order chi connectivity index (χ0) is 18.8. The lowest BCUT2D eigenvalue weighted by molar-refractivity contribution is 0.194. The third-order valence-corrected chi connectivity index (χ3v) is 5.27. The molecule has 1 saturated heterocycles. The minimum absolute atomic E-state index is 0.172. The molecule has 140 valence electrons. The van der Waals surface area contributed by atoms with E-state index in [1.54, 1.807) is 6.07 Å². The summed E-state index contributed by atoms with van der Waals surface area (Å²) in [5.41, 5.74) is 1.61. The van der Waals surface area contributed by atoms with Gasteiger partial charge in [0.15, 0.2) is 5.82 Å². The number of nitrogens with one attached hydrogen (secondary N) is 1. The number of aromatic nitrogens is 3. The van der Waals surface area contributed by atoms with Gasteiger partial charge in [0.1, 0.15) is 5.82 Å². The lowest BCUT2D eigenvalue weighted by Crippen LogP contribution is -2.47. The van der Waals surface area contributed by atoms with E-state index >= 15 is 0 Å². The zero-order valence-electron chi connectivity index (χ0n) is 14.6. The fraction of sp³-hybridized carbons (Fsp3) is 0.263. The summed E-state index contributed by atoms with van der Waals surface area (Å²) in [6, 6.07) is 14.4. The van der Waals surface area contributed by atoms with Gasteiger partial charge in [0.05, 0.1) is 12.4 Å². The number of anilines is 1. The minimum atomic E-state index is -0.172.